The van der Waals surface area contributed by atoms with Crippen LogP contribution in [0.15, 0.2) is 15.8 Å². The monoisotopic (exact) mass is 302 g/mol. The Morgan fingerprint density at radius 3 is 2.70 bits per heavy atom. The number of nitrogens with zero attached hydrogens (tertiary/aromatic N) is 1. The number of aryl methyl sites for hydroxylation is 1. The second-order valence-electron chi connectivity index (χ2n) is 5.10. The smallest absolute Gasteiger partial charge is 0.329 e. The molecule has 3 N–H and O–H groups in total. The second kappa shape index (κ2) is 5.27. The molecule has 0 saturated carbocycles. The highest BCUT2D eigenvalue weighted by atomic mass is 32.2. The van der Waals surface area contributed by atoms with Gasteiger partial charge in [-0.3, -0.25) is 18.6 Å². The Balaban J connectivity index is 2.59. The van der Waals surface area contributed by atoms with Gasteiger partial charge in [0.2, 0.25) is 0 Å². The van der Waals surface area contributed by atoms with Crippen molar-refractivity contribution in [1.29, 1.82) is 0 Å². The second-order valence-corrected chi connectivity index (χ2v) is 7.18. The molecule has 112 valence electrons. The Morgan fingerprint density at radius 2 is 2.20 bits per heavy atom. The summed E-state index contributed by atoms with van der Waals surface area (Å²) >= 11 is 0. The lowest BCUT2D eigenvalue weighted by Gasteiger charge is -2.26. The van der Waals surface area contributed by atoms with Crippen LogP contribution in [0.25, 0.3) is 0 Å². The quantitative estimate of drug-likeness (QED) is 0.639. The molecule has 8 heteroatoms. The first-order valence-electron chi connectivity index (χ1n) is 6.40. The standard InChI is InChI=1S/C12H18N2O5S/c1-3-7-5-14(11(18)13-10(7)17)12(2)4-8(16)9(6-15)20(12)19/h5,8-9,15-16H,3-4,6H2,1-2H3,(H,13,17,18)/t8-,9+,12+,20?/m0/s1. The van der Waals surface area contributed by atoms with E-state index in [4.69, 9.17) is 0 Å². The van der Waals surface area contributed by atoms with E-state index in [1.165, 1.54) is 10.8 Å². The van der Waals surface area contributed by atoms with Gasteiger partial charge in [0.15, 0.2) is 0 Å². The number of aromatic nitrogens is 2. The van der Waals surface area contributed by atoms with Gasteiger partial charge in [-0.15, -0.1) is 0 Å². The molecule has 1 aliphatic rings. The molecule has 1 saturated heterocycles. The van der Waals surface area contributed by atoms with Crippen molar-refractivity contribution < 1.29 is 14.4 Å². The average molecular weight is 302 g/mol. The summed E-state index contributed by atoms with van der Waals surface area (Å²) in [6.45, 7) is 2.95. The summed E-state index contributed by atoms with van der Waals surface area (Å²) in [4.78, 5) is 24.6. The zero-order valence-corrected chi connectivity index (χ0v) is 12.1. The predicted molar refractivity (Wildman–Crippen MR) is 74.0 cm³/mol. The number of H-pyrrole nitrogens is 1. The Morgan fingerprint density at radius 1 is 1.55 bits per heavy atom. The Hall–Kier alpha value is -1.25. The molecular weight excluding hydrogens is 284 g/mol. The van der Waals surface area contributed by atoms with Gasteiger partial charge in [-0.1, -0.05) is 6.92 Å². The molecule has 0 radical (unpaired) electrons. The average Bonchev–Trinajstić information content (AvgIpc) is 2.60. The Labute approximate surface area is 117 Å². The summed E-state index contributed by atoms with van der Waals surface area (Å²) in [7, 11) is -1.63. The highest BCUT2D eigenvalue weighted by Crippen LogP contribution is 2.37. The molecule has 1 aromatic heterocycles. The van der Waals surface area contributed by atoms with Crippen LogP contribution < -0.4 is 11.2 Å². The molecule has 7 nitrogen and oxygen atoms in total. The van der Waals surface area contributed by atoms with Crippen LogP contribution in [0.1, 0.15) is 25.8 Å². The summed E-state index contributed by atoms with van der Waals surface area (Å²) in [6.07, 6.45) is 0.963. The lowest BCUT2D eigenvalue weighted by atomic mass is 10.1. The van der Waals surface area contributed by atoms with Crippen molar-refractivity contribution in [2.24, 2.45) is 0 Å². The van der Waals surface area contributed by atoms with Crippen molar-refractivity contribution in [1.82, 2.24) is 9.55 Å². The minimum atomic E-state index is -1.63. The normalized spacial score (nSPS) is 33.5. The van der Waals surface area contributed by atoms with Crippen LogP contribution in [0.2, 0.25) is 0 Å². The molecule has 4 atom stereocenters. The van der Waals surface area contributed by atoms with Crippen LogP contribution in [0, 0.1) is 0 Å². The van der Waals surface area contributed by atoms with Crippen LogP contribution in [-0.2, 0) is 22.1 Å². The van der Waals surface area contributed by atoms with E-state index in [0.29, 0.717) is 12.0 Å². The van der Waals surface area contributed by atoms with E-state index in [-0.39, 0.29) is 6.42 Å². The maximum atomic E-state index is 12.4. The summed E-state index contributed by atoms with van der Waals surface area (Å²) in [5.74, 6) is 0. The maximum absolute atomic E-state index is 12.4. The molecule has 0 bridgehead atoms. The van der Waals surface area contributed by atoms with Gasteiger partial charge in [-0.05, 0) is 13.3 Å². The zero-order valence-electron chi connectivity index (χ0n) is 11.3. The number of aromatic amines is 1. The molecular formula is C12H18N2O5S. The van der Waals surface area contributed by atoms with Crippen molar-refractivity contribution >= 4 is 10.8 Å². The fourth-order valence-corrected chi connectivity index (χ4v) is 4.40. The third kappa shape index (κ3) is 2.17. The first-order chi connectivity index (χ1) is 9.35. The lowest BCUT2D eigenvalue weighted by molar-refractivity contribution is 0.127. The number of nitrogens with one attached hydrogen (secondary N) is 1. The molecule has 1 unspecified atom stereocenters. The van der Waals surface area contributed by atoms with Crippen LogP contribution in [0.4, 0.5) is 0 Å². The molecule has 0 aromatic carbocycles. The third-order valence-electron chi connectivity index (χ3n) is 3.81. The molecule has 1 aromatic rings. The summed E-state index contributed by atoms with van der Waals surface area (Å²) in [5, 5.41) is 18.3. The van der Waals surface area contributed by atoms with Crippen LogP contribution >= 0.6 is 0 Å². The molecule has 0 spiro atoms. The van der Waals surface area contributed by atoms with Gasteiger partial charge in [0, 0.05) is 18.2 Å². The van der Waals surface area contributed by atoms with Crippen LogP contribution in [-0.4, -0.2) is 41.9 Å². The van der Waals surface area contributed by atoms with Crippen molar-refractivity contribution in [3.8, 4) is 0 Å². The van der Waals surface area contributed by atoms with Crippen LogP contribution in [0.5, 0.6) is 0 Å². The Bertz CT molecular complexity index is 652. The number of aliphatic hydroxyl groups is 2. The SMILES string of the molecule is CCc1cn([C@@]2(C)C[C@H](O)[C@@H](CO)S2=O)c(=O)[nH]c1=O. The fourth-order valence-electron chi connectivity index (χ4n) is 2.57. The predicted octanol–water partition coefficient (Wildman–Crippen LogP) is -1.35. The minimum absolute atomic E-state index is 0.0833. The molecule has 0 amide bonds. The van der Waals surface area contributed by atoms with E-state index < -0.39 is 44.9 Å². The molecule has 2 heterocycles. The minimum Gasteiger partial charge on any atom is -0.395 e. The van der Waals surface area contributed by atoms with E-state index >= 15 is 0 Å². The number of hydrogen-bond acceptors (Lipinski definition) is 5. The highest BCUT2D eigenvalue weighted by Gasteiger charge is 2.50. The first kappa shape index (κ1) is 15.1. The number of aliphatic hydroxyl groups excluding tert-OH is 2. The van der Waals surface area contributed by atoms with Crippen molar-refractivity contribution in [2.75, 3.05) is 6.61 Å². The topological polar surface area (TPSA) is 112 Å². The number of hydrogen-bond donors (Lipinski definition) is 3. The van der Waals surface area contributed by atoms with Crippen molar-refractivity contribution in [3.63, 3.8) is 0 Å². The van der Waals surface area contributed by atoms with Gasteiger partial charge in [-0.2, -0.15) is 0 Å². The molecule has 0 aliphatic carbocycles. The van der Waals surface area contributed by atoms with Gasteiger partial charge < -0.3 is 10.2 Å². The molecule has 1 aliphatic heterocycles. The Kier molecular flexibility index (Phi) is 3.99. The number of rotatable bonds is 3. The summed E-state index contributed by atoms with van der Waals surface area (Å²) < 4.78 is 13.7. The van der Waals surface area contributed by atoms with Crippen molar-refractivity contribution in [3.05, 3.63) is 32.6 Å². The van der Waals surface area contributed by atoms with Gasteiger partial charge in [-0.25, -0.2) is 4.79 Å². The van der Waals surface area contributed by atoms with Gasteiger partial charge in [0.1, 0.15) is 4.87 Å². The van der Waals surface area contributed by atoms with Gasteiger partial charge in [0.05, 0.1) is 28.8 Å². The lowest BCUT2D eigenvalue weighted by Crippen LogP contribution is -2.44. The molecule has 2 rings (SSSR count). The van der Waals surface area contributed by atoms with E-state index in [9.17, 15) is 24.0 Å². The summed E-state index contributed by atoms with van der Waals surface area (Å²) in [6, 6.07) is 0. The summed E-state index contributed by atoms with van der Waals surface area (Å²) in [5.41, 5.74) is -0.709. The highest BCUT2D eigenvalue weighted by molar-refractivity contribution is 7.86. The van der Waals surface area contributed by atoms with Crippen LogP contribution in [0.3, 0.4) is 0 Å². The van der Waals surface area contributed by atoms with Gasteiger partial charge >= 0.3 is 5.69 Å². The zero-order chi connectivity index (χ0) is 15.1. The van der Waals surface area contributed by atoms with E-state index in [1.807, 2.05) is 0 Å². The van der Waals surface area contributed by atoms with Crippen molar-refractivity contribution in [2.45, 2.75) is 42.9 Å². The van der Waals surface area contributed by atoms with E-state index in [1.54, 1.807) is 13.8 Å². The largest absolute Gasteiger partial charge is 0.395 e. The first-order valence-corrected chi connectivity index (χ1v) is 7.61. The molecule has 20 heavy (non-hydrogen) atoms. The van der Waals surface area contributed by atoms with E-state index in [2.05, 4.69) is 4.98 Å². The molecule has 1 fully saturated rings. The third-order valence-corrected chi connectivity index (χ3v) is 6.06. The maximum Gasteiger partial charge on any atom is 0.329 e. The fraction of sp³-hybridized carbons (Fsp3) is 0.667. The van der Waals surface area contributed by atoms with Gasteiger partial charge in [0.25, 0.3) is 5.56 Å². The van der Waals surface area contributed by atoms with E-state index in [0.717, 1.165) is 0 Å².